The summed E-state index contributed by atoms with van der Waals surface area (Å²) in [5.74, 6) is -1.05. The summed E-state index contributed by atoms with van der Waals surface area (Å²) in [6.45, 7) is 3.65. The fraction of sp³-hybridized carbons (Fsp3) is 0.150. The molecule has 0 spiro atoms. The van der Waals surface area contributed by atoms with Crippen LogP contribution < -0.4 is 26.7 Å². The number of hydrazone groups is 1. The Balaban J connectivity index is 1.97. The van der Waals surface area contributed by atoms with Gasteiger partial charge in [-0.3, -0.25) is 4.79 Å². The Bertz CT molecular complexity index is 1240. The van der Waals surface area contributed by atoms with Crippen LogP contribution in [-0.2, 0) is 11.2 Å². The number of anilines is 1. The second kappa shape index (κ2) is 9.04. The number of nitrogens with zero attached hydrogens (tertiary/aromatic N) is 3. The third-order valence-corrected chi connectivity index (χ3v) is 4.59. The fourth-order valence-electron chi connectivity index (χ4n) is 3.01. The number of hydrogen-bond donors (Lipinski definition) is 5. The molecule has 1 aliphatic carbocycles. The smallest absolute Gasteiger partial charge is 0.332 e. The maximum Gasteiger partial charge on any atom is 0.332 e. The molecule has 1 aromatic rings. The van der Waals surface area contributed by atoms with E-state index < -0.39 is 22.7 Å². The van der Waals surface area contributed by atoms with Crippen molar-refractivity contribution in [1.82, 2.24) is 20.3 Å². The van der Waals surface area contributed by atoms with Crippen LogP contribution in [0.15, 0.2) is 41.5 Å². The van der Waals surface area contributed by atoms with Crippen molar-refractivity contribution < 1.29 is 14.7 Å². The Labute approximate surface area is 181 Å². The lowest BCUT2D eigenvalue weighted by Gasteiger charge is -2.14. The fourth-order valence-corrected chi connectivity index (χ4v) is 3.01. The number of amides is 3. The molecule has 0 bridgehead atoms. The predicted molar refractivity (Wildman–Crippen MR) is 117 cm³/mol. The zero-order valence-electron chi connectivity index (χ0n) is 17.2. The van der Waals surface area contributed by atoms with E-state index in [-0.39, 0.29) is 28.9 Å². The number of aromatic hydroxyl groups is 1. The number of H-pyrrole nitrogens is 1. The van der Waals surface area contributed by atoms with E-state index in [1.54, 1.807) is 0 Å². The third kappa shape index (κ3) is 4.92. The molecule has 1 heterocycles. The Morgan fingerprint density at radius 2 is 1.91 bits per heavy atom. The van der Waals surface area contributed by atoms with Crippen LogP contribution >= 0.6 is 0 Å². The van der Waals surface area contributed by atoms with E-state index in [0.29, 0.717) is 11.4 Å². The summed E-state index contributed by atoms with van der Waals surface area (Å²) in [5.41, 5.74) is 9.71. The summed E-state index contributed by atoms with van der Waals surface area (Å²) in [6.07, 6.45) is -0.272. The van der Waals surface area contributed by atoms with Crippen molar-refractivity contribution in [2.24, 2.45) is 10.8 Å². The summed E-state index contributed by atoms with van der Waals surface area (Å²) >= 11 is 0. The maximum atomic E-state index is 12.9. The van der Waals surface area contributed by atoms with Crippen molar-refractivity contribution in [3.05, 3.63) is 69.0 Å². The van der Waals surface area contributed by atoms with E-state index in [0.717, 1.165) is 11.1 Å². The molecular formula is C20H20N7O5-. The average molecular weight is 438 g/mol. The quantitative estimate of drug-likeness (QED) is 0.289. The van der Waals surface area contributed by atoms with E-state index >= 15 is 0 Å². The number of aromatic amines is 1. The van der Waals surface area contributed by atoms with Crippen LogP contribution in [0, 0.1) is 24.3 Å². The lowest BCUT2D eigenvalue weighted by Crippen LogP contribution is -2.32. The van der Waals surface area contributed by atoms with Gasteiger partial charge in [-0.05, 0) is 31.0 Å². The van der Waals surface area contributed by atoms with Crippen molar-refractivity contribution in [2.45, 2.75) is 20.3 Å². The Morgan fingerprint density at radius 3 is 2.53 bits per heavy atom. The lowest BCUT2D eigenvalue weighted by molar-refractivity contribution is -0.110. The van der Waals surface area contributed by atoms with Crippen molar-refractivity contribution in [3.8, 4) is 17.3 Å². The van der Waals surface area contributed by atoms with Gasteiger partial charge in [0.1, 0.15) is 11.4 Å². The van der Waals surface area contributed by atoms with Gasteiger partial charge < -0.3 is 31.6 Å². The zero-order chi connectivity index (χ0) is 23.4. The van der Waals surface area contributed by atoms with Crippen molar-refractivity contribution in [2.75, 3.05) is 5.32 Å². The molecule has 0 atom stereocenters. The van der Waals surface area contributed by atoms with Gasteiger partial charge in [0, 0.05) is 24.2 Å². The van der Waals surface area contributed by atoms with Gasteiger partial charge in [0.25, 0.3) is 5.91 Å². The summed E-state index contributed by atoms with van der Waals surface area (Å²) < 4.78 is 0. The molecule has 3 amide bonds. The first-order valence-electron chi connectivity index (χ1n) is 9.34. The second-order valence-electron chi connectivity index (χ2n) is 6.92. The van der Waals surface area contributed by atoms with Gasteiger partial charge in [-0.15, -0.1) is 0 Å². The van der Waals surface area contributed by atoms with Gasteiger partial charge in [0.05, 0.1) is 11.4 Å². The highest BCUT2D eigenvalue weighted by atomic mass is 16.8. The predicted octanol–water partition coefficient (Wildman–Crippen LogP) is 0.810. The van der Waals surface area contributed by atoms with Crippen molar-refractivity contribution in [3.63, 3.8) is 0 Å². The number of aromatic nitrogens is 2. The highest BCUT2D eigenvalue weighted by molar-refractivity contribution is 6.43. The van der Waals surface area contributed by atoms with Crippen LogP contribution in [0.5, 0.6) is 5.88 Å². The van der Waals surface area contributed by atoms with E-state index in [1.807, 2.05) is 37.5 Å². The molecule has 0 saturated carbocycles. The van der Waals surface area contributed by atoms with E-state index in [4.69, 9.17) is 5.73 Å². The lowest BCUT2D eigenvalue weighted by atomic mass is 10.1. The van der Waals surface area contributed by atoms with Gasteiger partial charge in [0.15, 0.2) is 0 Å². The highest BCUT2D eigenvalue weighted by Gasteiger charge is 2.20. The molecule has 166 valence electrons. The van der Waals surface area contributed by atoms with Crippen LogP contribution in [0.4, 0.5) is 10.5 Å². The van der Waals surface area contributed by atoms with Crippen LogP contribution in [0.25, 0.3) is 11.4 Å². The molecule has 1 aromatic carbocycles. The molecule has 0 aromatic heterocycles. The number of aryl methyl sites for hydroxylation is 2. The normalized spacial score (nSPS) is 11.2. The molecule has 12 heteroatoms. The van der Waals surface area contributed by atoms with E-state index in [9.17, 15) is 25.1 Å². The number of carbonyl (C=O) groups is 2. The summed E-state index contributed by atoms with van der Waals surface area (Å²) in [7, 11) is 0. The summed E-state index contributed by atoms with van der Waals surface area (Å²) in [4.78, 5) is 30.3. The van der Waals surface area contributed by atoms with Gasteiger partial charge in [-0.25, -0.2) is 15.2 Å². The minimum Gasteiger partial charge on any atom is -0.612 e. The van der Waals surface area contributed by atoms with Crippen LogP contribution in [-0.4, -0.2) is 32.7 Å². The molecule has 0 saturated heterocycles. The van der Waals surface area contributed by atoms with Crippen LogP contribution in [0.3, 0.4) is 0 Å². The molecule has 12 nitrogen and oxygen atoms in total. The average Bonchev–Trinajstić information content (AvgIpc) is 2.73. The number of nitrogens with two attached hydrogens (primary N) is 1. The molecule has 3 rings (SSSR count). The summed E-state index contributed by atoms with van der Waals surface area (Å²) in [6, 6.07) is 8.42. The number of primary amides is 1. The number of para-hydroxylation sites is 1. The Kier molecular flexibility index (Phi) is 6.24. The molecular weight excluding hydrogens is 418 g/mol. The SMILES string of the molecule is Cc1cccc(C)c1NC(=O)/C(Cc1nc2ccc(=[N+]([O-])[O-])cc-2[nH]c1O)=N/NC(N)=O. The molecule has 0 fully saturated rings. The van der Waals surface area contributed by atoms with Crippen LogP contribution in [0.1, 0.15) is 16.8 Å². The Hall–Kier alpha value is -4.61. The zero-order valence-corrected chi connectivity index (χ0v) is 17.2. The number of carbonyl (C=O) groups excluding carboxylic acids is 2. The Morgan fingerprint density at radius 1 is 1.22 bits per heavy atom. The minimum atomic E-state index is -0.975. The number of benzene rings is 2. The first-order valence-corrected chi connectivity index (χ1v) is 9.34. The van der Waals surface area contributed by atoms with Gasteiger partial charge in [0.2, 0.25) is 11.2 Å². The van der Waals surface area contributed by atoms with Gasteiger partial charge in [-0.2, -0.15) is 10.0 Å². The highest BCUT2D eigenvalue weighted by Crippen LogP contribution is 2.23. The standard InChI is InChI=1S/C20H20N7O5/c1-10-4-3-5-11(2)17(10)24-19(29)16(25-26-20(21)30)9-15-18(28)23-14-8-12(27(31)32)6-7-13(14)22-15/h3-8H,9H2,1-2H3,(H6-,21,22,23,24,25,26,28,29,30,31,32)/q-1. The topological polar surface area (TPSA) is 195 Å². The van der Waals surface area contributed by atoms with Crippen molar-refractivity contribution in [1.29, 1.82) is 0 Å². The number of urea groups is 1. The van der Waals surface area contributed by atoms with E-state index in [2.05, 4.69) is 20.4 Å². The maximum absolute atomic E-state index is 12.9. The third-order valence-electron chi connectivity index (χ3n) is 4.59. The first kappa shape index (κ1) is 22.1. The number of hydrogen-bond acceptors (Lipinski definition) is 7. The minimum absolute atomic E-state index is 0.0352. The largest absolute Gasteiger partial charge is 0.612 e. The molecule has 2 aliphatic rings. The van der Waals surface area contributed by atoms with Gasteiger partial charge >= 0.3 is 6.03 Å². The van der Waals surface area contributed by atoms with Gasteiger partial charge in [-0.1, -0.05) is 18.2 Å². The molecule has 0 radical (unpaired) electrons. The van der Waals surface area contributed by atoms with Crippen LogP contribution in [0.2, 0.25) is 0 Å². The number of nitrogens with one attached hydrogen (secondary N) is 3. The van der Waals surface area contributed by atoms with E-state index in [1.165, 1.54) is 18.2 Å². The second-order valence-corrected chi connectivity index (χ2v) is 6.92. The monoisotopic (exact) mass is 438 g/mol. The molecule has 32 heavy (non-hydrogen) atoms. The summed E-state index contributed by atoms with van der Waals surface area (Å²) in [5, 5.41) is 38.6. The molecule has 6 N–H and O–H groups in total. The molecule has 1 aliphatic heterocycles. The first-order chi connectivity index (χ1) is 15.2. The molecule has 0 unspecified atom stereocenters. The van der Waals surface area contributed by atoms with Crippen molar-refractivity contribution >= 4 is 23.3 Å². The number of rotatable bonds is 5. The number of fused-ring (bicyclic) bond motifs is 1.